The molecule has 2 aromatic carbocycles. The van der Waals surface area contributed by atoms with Crippen LogP contribution in [-0.4, -0.2) is 26.5 Å². The molecule has 8 heteroatoms. The first-order valence-electron chi connectivity index (χ1n) is 7.92. The van der Waals surface area contributed by atoms with Crippen molar-refractivity contribution in [3.05, 3.63) is 53.1 Å². The highest BCUT2D eigenvalue weighted by molar-refractivity contribution is 7.90. The number of halogens is 1. The van der Waals surface area contributed by atoms with Crippen LogP contribution in [0.2, 0.25) is 5.02 Å². The normalized spacial score (nSPS) is 15.0. The fourth-order valence-electron chi connectivity index (χ4n) is 2.74. The molecule has 0 fully saturated rings. The van der Waals surface area contributed by atoms with Gasteiger partial charge < -0.3 is 9.47 Å². The zero-order valence-corrected chi connectivity index (χ0v) is 15.9. The third kappa shape index (κ3) is 3.94. The van der Waals surface area contributed by atoms with Crippen LogP contribution in [0.1, 0.15) is 19.4 Å². The maximum atomic E-state index is 12.3. The van der Waals surface area contributed by atoms with Crippen LogP contribution in [0.15, 0.2) is 47.4 Å². The fourth-order valence-corrected chi connectivity index (χ4v) is 4.23. The van der Waals surface area contributed by atoms with E-state index in [1.165, 1.54) is 18.2 Å². The highest BCUT2D eigenvalue weighted by atomic mass is 35.5. The van der Waals surface area contributed by atoms with Crippen molar-refractivity contribution < 1.29 is 22.7 Å². The molecule has 0 aromatic heterocycles. The first-order chi connectivity index (χ1) is 12.2. The van der Waals surface area contributed by atoms with E-state index in [0.29, 0.717) is 11.5 Å². The van der Waals surface area contributed by atoms with Gasteiger partial charge >= 0.3 is 0 Å². The van der Waals surface area contributed by atoms with Crippen LogP contribution in [-0.2, 0) is 21.2 Å². The molecule has 1 amide bonds. The molecule has 0 bridgehead atoms. The number of carbonyl (C=O) groups is 1. The van der Waals surface area contributed by atoms with E-state index in [4.69, 9.17) is 21.1 Å². The Morgan fingerprint density at radius 3 is 2.69 bits per heavy atom. The Kier molecular flexibility index (Phi) is 4.86. The Balaban J connectivity index is 1.68. The van der Waals surface area contributed by atoms with Crippen LogP contribution in [0.4, 0.5) is 0 Å². The predicted octanol–water partition coefficient (Wildman–Crippen LogP) is 2.94. The smallest absolute Gasteiger partial charge is 0.271 e. The second kappa shape index (κ2) is 6.81. The van der Waals surface area contributed by atoms with Gasteiger partial charge in [-0.2, -0.15) is 0 Å². The van der Waals surface area contributed by atoms with Crippen molar-refractivity contribution in [2.24, 2.45) is 0 Å². The van der Waals surface area contributed by atoms with E-state index in [0.717, 1.165) is 12.0 Å². The number of hydrogen-bond acceptors (Lipinski definition) is 5. The van der Waals surface area contributed by atoms with Crippen LogP contribution >= 0.6 is 11.6 Å². The molecule has 2 aromatic rings. The highest BCUT2D eigenvalue weighted by Gasteiger charge is 2.32. The molecule has 0 aliphatic carbocycles. The van der Waals surface area contributed by atoms with Gasteiger partial charge in [0, 0.05) is 12.0 Å². The van der Waals surface area contributed by atoms with Gasteiger partial charge in [-0.05, 0) is 32.0 Å². The van der Waals surface area contributed by atoms with Gasteiger partial charge in [-0.1, -0.05) is 35.9 Å². The van der Waals surface area contributed by atoms with Crippen LogP contribution in [0, 0.1) is 0 Å². The van der Waals surface area contributed by atoms with E-state index in [1.807, 2.05) is 24.6 Å². The molecule has 0 atom stereocenters. The van der Waals surface area contributed by atoms with Crippen molar-refractivity contribution in [1.82, 2.24) is 4.72 Å². The van der Waals surface area contributed by atoms with Crippen molar-refractivity contribution in [2.45, 2.75) is 30.8 Å². The number of para-hydroxylation sites is 1. The summed E-state index contributed by atoms with van der Waals surface area (Å²) in [6.45, 7) is 3.45. The molecule has 3 rings (SSSR count). The number of nitrogens with one attached hydrogen (secondary N) is 1. The van der Waals surface area contributed by atoms with Gasteiger partial charge in [-0.25, -0.2) is 13.1 Å². The molecule has 1 aliphatic rings. The summed E-state index contributed by atoms with van der Waals surface area (Å²) in [5, 5.41) is 0.0326. The first kappa shape index (κ1) is 18.5. The molecule has 1 N–H and O–H groups in total. The maximum absolute atomic E-state index is 12.3. The van der Waals surface area contributed by atoms with Crippen LogP contribution < -0.4 is 14.2 Å². The van der Waals surface area contributed by atoms with Crippen molar-refractivity contribution in [2.75, 3.05) is 6.61 Å². The van der Waals surface area contributed by atoms with Crippen molar-refractivity contribution >= 4 is 27.5 Å². The van der Waals surface area contributed by atoms with E-state index in [9.17, 15) is 13.2 Å². The average Bonchev–Trinajstić information content (AvgIpc) is 2.87. The SMILES string of the molecule is CC1(C)Cc2cccc(OCC(=O)NS(=O)(=O)c3ccccc3Cl)c2O1. The largest absolute Gasteiger partial charge is 0.483 e. The number of benzene rings is 2. The molecule has 138 valence electrons. The highest BCUT2D eigenvalue weighted by Crippen LogP contribution is 2.41. The number of ether oxygens (including phenoxy) is 2. The second-order valence-corrected chi connectivity index (χ2v) is 8.59. The summed E-state index contributed by atoms with van der Waals surface area (Å²) in [7, 11) is -4.07. The van der Waals surface area contributed by atoms with Gasteiger partial charge in [0.1, 0.15) is 10.5 Å². The lowest BCUT2D eigenvalue weighted by molar-refractivity contribution is -0.121. The Labute approximate surface area is 157 Å². The summed E-state index contributed by atoms with van der Waals surface area (Å²) < 4.78 is 37.8. The number of hydrogen-bond donors (Lipinski definition) is 1. The minimum atomic E-state index is -4.07. The molecule has 0 unspecified atom stereocenters. The number of carbonyl (C=O) groups excluding carboxylic acids is 1. The Morgan fingerprint density at radius 1 is 1.23 bits per heavy atom. The van der Waals surface area contributed by atoms with Crippen molar-refractivity contribution in [1.29, 1.82) is 0 Å². The van der Waals surface area contributed by atoms with Crippen LogP contribution in [0.3, 0.4) is 0 Å². The summed E-state index contributed by atoms with van der Waals surface area (Å²) in [5.74, 6) is 0.178. The van der Waals surface area contributed by atoms with Gasteiger partial charge in [0.05, 0.1) is 5.02 Å². The third-order valence-electron chi connectivity index (χ3n) is 3.79. The van der Waals surface area contributed by atoms with E-state index < -0.39 is 22.5 Å². The van der Waals surface area contributed by atoms with E-state index in [-0.39, 0.29) is 15.5 Å². The standard InChI is InChI=1S/C18H18ClNO5S/c1-18(2)10-12-6-5-8-14(17(12)25-18)24-11-16(21)20-26(22,23)15-9-4-3-7-13(15)19/h3-9H,10-11H2,1-2H3,(H,20,21). The predicted molar refractivity (Wildman–Crippen MR) is 97.1 cm³/mol. The minimum Gasteiger partial charge on any atom is -0.483 e. The zero-order chi connectivity index (χ0) is 18.9. The third-order valence-corrected chi connectivity index (χ3v) is 5.66. The minimum absolute atomic E-state index is 0.0326. The number of amides is 1. The van der Waals surface area contributed by atoms with Gasteiger partial charge in [0.25, 0.3) is 15.9 Å². The Bertz CT molecular complexity index is 956. The Hall–Kier alpha value is -2.25. The lowest BCUT2D eigenvalue weighted by Gasteiger charge is -2.18. The lowest BCUT2D eigenvalue weighted by atomic mass is 10.0. The number of rotatable bonds is 5. The molecule has 1 aliphatic heterocycles. The molecule has 1 heterocycles. The van der Waals surface area contributed by atoms with E-state index >= 15 is 0 Å². The van der Waals surface area contributed by atoms with Gasteiger partial charge in [-0.3, -0.25) is 4.79 Å². The van der Waals surface area contributed by atoms with Crippen LogP contribution in [0.5, 0.6) is 11.5 Å². The summed E-state index contributed by atoms with van der Waals surface area (Å²) in [6, 6.07) is 11.3. The number of sulfonamides is 1. The maximum Gasteiger partial charge on any atom is 0.271 e. The summed E-state index contributed by atoms with van der Waals surface area (Å²) in [5.41, 5.74) is 0.633. The van der Waals surface area contributed by atoms with E-state index in [2.05, 4.69) is 0 Å². The number of fused-ring (bicyclic) bond motifs is 1. The first-order valence-corrected chi connectivity index (χ1v) is 9.78. The van der Waals surface area contributed by atoms with E-state index in [1.54, 1.807) is 18.2 Å². The van der Waals surface area contributed by atoms with Gasteiger partial charge in [0.15, 0.2) is 18.1 Å². The molecule has 26 heavy (non-hydrogen) atoms. The van der Waals surface area contributed by atoms with Crippen LogP contribution in [0.25, 0.3) is 0 Å². The molecular weight excluding hydrogens is 378 g/mol. The average molecular weight is 396 g/mol. The van der Waals surface area contributed by atoms with Gasteiger partial charge in [0.2, 0.25) is 0 Å². The second-order valence-electron chi connectivity index (χ2n) is 6.53. The van der Waals surface area contributed by atoms with Crippen molar-refractivity contribution in [3.8, 4) is 11.5 Å². The quantitative estimate of drug-likeness (QED) is 0.841. The molecule has 0 spiro atoms. The summed E-state index contributed by atoms with van der Waals surface area (Å²) in [6.07, 6.45) is 0.729. The Morgan fingerprint density at radius 2 is 1.96 bits per heavy atom. The fraction of sp³-hybridized carbons (Fsp3) is 0.278. The summed E-state index contributed by atoms with van der Waals surface area (Å²) in [4.78, 5) is 11.9. The zero-order valence-electron chi connectivity index (χ0n) is 14.3. The molecule has 0 saturated heterocycles. The molecule has 0 saturated carbocycles. The van der Waals surface area contributed by atoms with Crippen molar-refractivity contribution in [3.63, 3.8) is 0 Å². The van der Waals surface area contributed by atoms with Gasteiger partial charge in [-0.15, -0.1) is 0 Å². The lowest BCUT2D eigenvalue weighted by Crippen LogP contribution is -2.34. The molecule has 6 nitrogen and oxygen atoms in total. The molecule has 0 radical (unpaired) electrons. The molecular formula is C18H18ClNO5S. The monoisotopic (exact) mass is 395 g/mol. The topological polar surface area (TPSA) is 81.7 Å². The summed E-state index contributed by atoms with van der Waals surface area (Å²) >= 11 is 5.88.